The van der Waals surface area contributed by atoms with Gasteiger partial charge in [-0.3, -0.25) is 14.5 Å². The van der Waals surface area contributed by atoms with Crippen LogP contribution in [0.4, 0.5) is 0 Å². The first-order valence-corrected chi connectivity index (χ1v) is 8.51. The number of hydrogen-bond acceptors (Lipinski definition) is 6. The van der Waals surface area contributed by atoms with Gasteiger partial charge in [0.2, 0.25) is 0 Å². The van der Waals surface area contributed by atoms with E-state index in [9.17, 15) is 19.8 Å². The summed E-state index contributed by atoms with van der Waals surface area (Å²) in [6, 6.07) is 0. The molecule has 0 aliphatic carbocycles. The average molecular weight is 351 g/mol. The topological polar surface area (TPSA) is 106 Å². The number of nitrogens with zero attached hydrogens (tertiary/aromatic N) is 1. The summed E-state index contributed by atoms with van der Waals surface area (Å²) in [5.41, 5.74) is -2.39. The van der Waals surface area contributed by atoms with Crippen LogP contribution in [0.25, 0.3) is 0 Å². The highest BCUT2D eigenvalue weighted by Gasteiger charge is 2.48. The third-order valence-corrected chi connectivity index (χ3v) is 5.57. The molecule has 0 aromatic heterocycles. The van der Waals surface area contributed by atoms with Crippen LogP contribution in [0.1, 0.15) is 33.1 Å². The molecule has 0 radical (unpaired) electrons. The van der Waals surface area contributed by atoms with Gasteiger partial charge in [-0.1, -0.05) is 13.8 Å². The highest BCUT2D eigenvalue weighted by molar-refractivity contribution is 6.13. The van der Waals surface area contributed by atoms with Gasteiger partial charge in [-0.25, -0.2) is 0 Å². The van der Waals surface area contributed by atoms with Gasteiger partial charge in [0.15, 0.2) is 0 Å². The molecule has 8 nitrogen and oxygen atoms in total. The van der Waals surface area contributed by atoms with E-state index in [0.29, 0.717) is 16.8 Å². The van der Waals surface area contributed by atoms with Crippen LogP contribution in [0.15, 0.2) is 0 Å². The number of ether oxygens (including phenoxy) is 3. The van der Waals surface area contributed by atoms with Crippen LogP contribution in [0.2, 0.25) is 0 Å². The molecule has 136 valence electrons. The molecule has 0 bridgehead atoms. The van der Waals surface area contributed by atoms with Gasteiger partial charge in [0.1, 0.15) is 17.2 Å². The summed E-state index contributed by atoms with van der Waals surface area (Å²) in [5, 5.41) is 18.9. The smallest absolute Gasteiger partial charge is 0.324 e. The lowest BCUT2D eigenvalue weighted by Crippen LogP contribution is -2.61. The van der Waals surface area contributed by atoms with Crippen LogP contribution in [0.3, 0.4) is 0 Å². The largest absolute Gasteiger partial charge is 0.481 e. The quantitative estimate of drug-likeness (QED) is 0.364. The van der Waals surface area contributed by atoms with Gasteiger partial charge in [-0.05, 0) is 13.0 Å². The van der Waals surface area contributed by atoms with Gasteiger partial charge in [0.25, 0.3) is 0 Å². The van der Waals surface area contributed by atoms with Gasteiger partial charge in [-0.15, -0.1) is 0 Å². The summed E-state index contributed by atoms with van der Waals surface area (Å²) in [7, 11) is 5.03. The lowest BCUT2D eigenvalue weighted by molar-refractivity contribution is -0.201. The third-order valence-electron chi connectivity index (χ3n) is 4.35. The monoisotopic (exact) mass is 351 g/mol. The minimum Gasteiger partial charge on any atom is -0.481 e. The maximum atomic E-state index is 11.9. The Hall–Kier alpha value is -1.00. The van der Waals surface area contributed by atoms with Gasteiger partial charge in [0.05, 0.1) is 16.7 Å². The Kier molecular flexibility index (Phi) is 8.92. The first-order chi connectivity index (χ1) is 10.7. The van der Waals surface area contributed by atoms with Gasteiger partial charge in [0, 0.05) is 27.8 Å². The Morgan fingerprint density at radius 2 is 1.70 bits per heavy atom. The number of likely N-dealkylation sites (N-methyl/N-ethyl adjacent to an activating group) is 1. The summed E-state index contributed by atoms with van der Waals surface area (Å²) < 4.78 is 16.2. The Morgan fingerprint density at radius 1 is 1.17 bits per heavy atom. The molecule has 2 atom stereocenters. The summed E-state index contributed by atoms with van der Waals surface area (Å²) in [6.07, 6.45) is -0.741. The molecule has 0 fully saturated rings. The maximum absolute atomic E-state index is 11.9. The van der Waals surface area contributed by atoms with Crippen molar-refractivity contribution in [2.45, 2.75) is 50.3 Å². The van der Waals surface area contributed by atoms with E-state index in [1.807, 2.05) is 0 Å². The van der Waals surface area contributed by atoms with E-state index in [2.05, 4.69) is 0 Å². The van der Waals surface area contributed by atoms with Gasteiger partial charge >= 0.3 is 11.9 Å². The summed E-state index contributed by atoms with van der Waals surface area (Å²) in [4.78, 5) is 24.7. The van der Waals surface area contributed by atoms with Crippen molar-refractivity contribution in [2.24, 2.45) is 0 Å². The molecule has 0 rings (SSSR count). The molecule has 0 aliphatic rings. The molecular formula is C14H29NO7Si. The number of rotatable bonds is 12. The molecule has 1 unspecified atom stereocenters. The maximum Gasteiger partial charge on any atom is 0.324 e. The molecular weight excluding hydrogens is 322 g/mol. The second-order valence-corrected chi connectivity index (χ2v) is 7.01. The highest BCUT2D eigenvalue weighted by Crippen LogP contribution is 2.30. The Labute approximate surface area is 140 Å². The molecule has 0 saturated carbocycles. The number of carboxylic acid groups (broad SMARTS) is 2. The molecule has 0 heterocycles. The Balaban J connectivity index is 5.76. The van der Waals surface area contributed by atoms with E-state index >= 15 is 0 Å². The first kappa shape index (κ1) is 22.0. The second kappa shape index (κ2) is 9.33. The number of carboxylic acids is 2. The van der Waals surface area contributed by atoms with E-state index in [-0.39, 0.29) is 12.8 Å². The molecule has 0 aromatic rings. The van der Waals surface area contributed by atoms with Crippen LogP contribution < -0.4 is 0 Å². The van der Waals surface area contributed by atoms with Gasteiger partial charge in [-0.2, -0.15) is 0 Å². The summed E-state index contributed by atoms with van der Waals surface area (Å²) in [6.45, 7) is 3.75. The van der Waals surface area contributed by atoms with Crippen LogP contribution >= 0.6 is 0 Å². The number of methoxy groups -OCH3 is 3. The molecule has 9 heteroatoms. The van der Waals surface area contributed by atoms with E-state index in [1.54, 1.807) is 18.7 Å². The fraction of sp³-hybridized carbons (Fsp3) is 0.857. The van der Waals surface area contributed by atoms with Crippen molar-refractivity contribution in [1.29, 1.82) is 0 Å². The average Bonchev–Trinajstić information content (AvgIpc) is 2.52. The zero-order chi connectivity index (χ0) is 18.3. The predicted octanol–water partition coefficient (Wildman–Crippen LogP) is -0.309. The van der Waals surface area contributed by atoms with E-state index in [0.717, 1.165) is 0 Å². The van der Waals surface area contributed by atoms with Crippen molar-refractivity contribution in [2.75, 3.05) is 27.9 Å². The minimum atomic E-state index is -1.55. The predicted molar refractivity (Wildman–Crippen MR) is 87.4 cm³/mol. The SMILES string of the molecule is CCN(C(CC([SiH3])(OC)OC)OC)[C@@](CC)(CC(=O)O)C(=O)O. The van der Waals surface area contributed by atoms with Crippen molar-refractivity contribution >= 4 is 22.2 Å². The van der Waals surface area contributed by atoms with Crippen LogP contribution in [-0.4, -0.2) is 82.3 Å². The first-order valence-electron chi connectivity index (χ1n) is 7.51. The van der Waals surface area contributed by atoms with Crippen molar-refractivity contribution in [3.8, 4) is 0 Å². The zero-order valence-corrected chi connectivity index (χ0v) is 16.8. The van der Waals surface area contributed by atoms with Crippen LogP contribution in [0, 0.1) is 0 Å². The number of hydrogen-bond donors (Lipinski definition) is 2. The lowest BCUT2D eigenvalue weighted by Gasteiger charge is -2.44. The van der Waals surface area contributed by atoms with Crippen molar-refractivity contribution in [1.82, 2.24) is 4.90 Å². The molecule has 2 N–H and O–H groups in total. The van der Waals surface area contributed by atoms with Crippen molar-refractivity contribution in [3.05, 3.63) is 0 Å². The zero-order valence-electron chi connectivity index (χ0n) is 14.8. The fourth-order valence-corrected chi connectivity index (χ4v) is 3.05. The number of carbonyl (C=O) groups is 2. The van der Waals surface area contributed by atoms with E-state index in [4.69, 9.17) is 14.2 Å². The van der Waals surface area contributed by atoms with Crippen LogP contribution in [-0.2, 0) is 23.8 Å². The Morgan fingerprint density at radius 3 is 1.96 bits per heavy atom. The summed E-state index contributed by atoms with van der Waals surface area (Å²) >= 11 is 0. The van der Waals surface area contributed by atoms with Crippen molar-refractivity contribution in [3.63, 3.8) is 0 Å². The third kappa shape index (κ3) is 5.25. The number of aliphatic carboxylic acids is 2. The van der Waals surface area contributed by atoms with Crippen LogP contribution in [0.5, 0.6) is 0 Å². The Bertz CT molecular complexity index is 403. The minimum absolute atomic E-state index is 0.135. The normalized spacial score (nSPS) is 16.3. The fourth-order valence-electron chi connectivity index (χ4n) is 2.70. The standard InChI is InChI=1S/C14H29NO7Si/c1-6-13(12(18)19,9-11(16)17)15(7-2)10(20-3)8-14(23,21-4)22-5/h10H,6-9H2,1-5,23H3,(H,16,17)(H,18,19)/t10?,13-/m0/s1. The van der Waals surface area contributed by atoms with Crippen molar-refractivity contribution < 1.29 is 34.0 Å². The van der Waals surface area contributed by atoms with Gasteiger partial charge < -0.3 is 24.4 Å². The molecule has 0 saturated heterocycles. The molecule has 0 amide bonds. The molecule has 0 spiro atoms. The summed E-state index contributed by atoms with van der Waals surface area (Å²) in [5.74, 6) is -2.35. The molecule has 23 heavy (non-hydrogen) atoms. The second-order valence-electron chi connectivity index (χ2n) is 5.48. The van der Waals surface area contributed by atoms with E-state index in [1.165, 1.54) is 21.3 Å². The molecule has 0 aliphatic heterocycles. The highest BCUT2D eigenvalue weighted by atomic mass is 28.1. The molecule has 0 aromatic carbocycles. The lowest BCUT2D eigenvalue weighted by atomic mass is 9.89. The van der Waals surface area contributed by atoms with E-state index < -0.39 is 35.5 Å².